The number of nitrogens with zero attached hydrogens (tertiary/aromatic N) is 2. The molecule has 0 atom stereocenters. The van der Waals surface area contributed by atoms with E-state index in [4.69, 9.17) is 0 Å². The third-order valence-corrected chi connectivity index (χ3v) is 12.8. The van der Waals surface area contributed by atoms with Crippen molar-refractivity contribution < 1.29 is 0 Å². The molecule has 0 saturated carbocycles. The van der Waals surface area contributed by atoms with Crippen LogP contribution in [0.5, 0.6) is 0 Å². The smallest absolute Gasteiger partial charge is 0.0547 e. The third kappa shape index (κ3) is 6.44. The molecule has 0 spiro atoms. The predicted octanol–water partition coefficient (Wildman–Crippen LogP) is 17.2. The van der Waals surface area contributed by atoms with Gasteiger partial charge in [0.05, 0.1) is 16.7 Å². The molecule has 1 heterocycles. The summed E-state index contributed by atoms with van der Waals surface area (Å²) in [5.74, 6) is 0. The molecule has 12 rings (SSSR count). The molecule has 11 aromatic carbocycles. The van der Waals surface area contributed by atoms with Gasteiger partial charge in [0.1, 0.15) is 0 Å². The topological polar surface area (TPSA) is 8.17 Å². The van der Waals surface area contributed by atoms with Gasteiger partial charge < -0.3 is 9.47 Å². The second-order valence-corrected chi connectivity index (χ2v) is 16.5. The minimum absolute atomic E-state index is 1.09. The van der Waals surface area contributed by atoms with Gasteiger partial charge in [-0.05, 0) is 121 Å². The Labute approximate surface area is 373 Å². The summed E-state index contributed by atoms with van der Waals surface area (Å²) in [7, 11) is 0. The summed E-state index contributed by atoms with van der Waals surface area (Å²) in [4.78, 5) is 2.35. The number of aromatic nitrogens is 1. The van der Waals surface area contributed by atoms with E-state index in [0.717, 1.165) is 28.3 Å². The predicted molar refractivity (Wildman–Crippen MR) is 272 cm³/mol. The van der Waals surface area contributed by atoms with Crippen molar-refractivity contribution >= 4 is 60.4 Å². The van der Waals surface area contributed by atoms with Gasteiger partial charge in [-0.15, -0.1) is 0 Å². The molecule has 0 unspecified atom stereocenters. The molecule has 0 saturated heterocycles. The Hall–Kier alpha value is -8.46. The Morgan fingerprint density at radius 3 is 1.36 bits per heavy atom. The molecule has 64 heavy (non-hydrogen) atoms. The summed E-state index contributed by atoms with van der Waals surface area (Å²) in [6.45, 7) is 0. The van der Waals surface area contributed by atoms with Crippen LogP contribution >= 0.6 is 0 Å². The van der Waals surface area contributed by atoms with Crippen molar-refractivity contribution in [2.24, 2.45) is 0 Å². The summed E-state index contributed by atoms with van der Waals surface area (Å²) in [6.07, 6.45) is 0. The largest absolute Gasteiger partial charge is 0.311 e. The standard InChI is InChI=1S/C62H42N2/c1-3-16-43(17-4-1)45-30-36-49(37-31-45)63(50-38-32-46(33-39-50)44-18-5-2-6-19-44)51-40-34-47(35-41-51)53-22-11-13-27-59(53)64-60-28-14-12-25-57(60)62-56(26-15-29-61(62)64)58-42-48-20-7-8-21-52(48)54-23-9-10-24-55(54)58/h1-42H. The molecule has 0 aliphatic rings. The van der Waals surface area contributed by atoms with E-state index in [1.54, 1.807) is 0 Å². The highest BCUT2D eigenvalue weighted by atomic mass is 15.1. The Balaban J connectivity index is 0.977. The third-order valence-electron chi connectivity index (χ3n) is 12.8. The first kappa shape index (κ1) is 37.3. The molecule has 0 aliphatic heterocycles. The lowest BCUT2D eigenvalue weighted by atomic mass is 9.91. The SMILES string of the molecule is c1ccc(-c2ccc(N(c3ccc(-c4ccccc4)cc3)c3ccc(-c4ccccc4-n4c5ccccc5c5c(-c6cc7ccccc7c7ccccc67)cccc54)cc3)cc2)cc1. The Bertz CT molecular complexity index is 3540. The highest BCUT2D eigenvalue weighted by molar-refractivity contribution is 6.21. The van der Waals surface area contributed by atoms with Crippen LogP contribution in [0.2, 0.25) is 0 Å². The normalized spacial score (nSPS) is 11.4. The fourth-order valence-corrected chi connectivity index (χ4v) is 9.80. The van der Waals surface area contributed by atoms with Crippen molar-refractivity contribution in [2.75, 3.05) is 4.90 Å². The second kappa shape index (κ2) is 15.8. The lowest BCUT2D eigenvalue weighted by Crippen LogP contribution is -2.09. The molecule has 300 valence electrons. The van der Waals surface area contributed by atoms with Gasteiger partial charge in [0, 0.05) is 33.4 Å². The van der Waals surface area contributed by atoms with Crippen molar-refractivity contribution in [3.05, 3.63) is 255 Å². The zero-order valence-electron chi connectivity index (χ0n) is 35.1. The van der Waals surface area contributed by atoms with Crippen LogP contribution in [0.25, 0.3) is 93.5 Å². The Kier molecular flexibility index (Phi) is 9.20. The van der Waals surface area contributed by atoms with Crippen molar-refractivity contribution in [3.63, 3.8) is 0 Å². The van der Waals surface area contributed by atoms with E-state index in [9.17, 15) is 0 Å². The average molecular weight is 815 g/mol. The van der Waals surface area contributed by atoms with Crippen molar-refractivity contribution in [2.45, 2.75) is 0 Å². The number of para-hydroxylation sites is 2. The second-order valence-electron chi connectivity index (χ2n) is 16.5. The summed E-state index contributed by atoms with van der Waals surface area (Å²) in [5, 5.41) is 7.56. The van der Waals surface area contributed by atoms with E-state index in [-0.39, 0.29) is 0 Å². The lowest BCUT2D eigenvalue weighted by molar-refractivity contribution is 1.18. The molecule has 2 heteroatoms. The van der Waals surface area contributed by atoms with Gasteiger partial charge in [-0.2, -0.15) is 0 Å². The number of anilines is 3. The molecular formula is C62H42N2. The first-order valence-corrected chi connectivity index (χ1v) is 22.0. The highest BCUT2D eigenvalue weighted by Crippen LogP contribution is 2.44. The lowest BCUT2D eigenvalue weighted by Gasteiger charge is -2.26. The van der Waals surface area contributed by atoms with Crippen LogP contribution in [0.15, 0.2) is 255 Å². The fourth-order valence-electron chi connectivity index (χ4n) is 9.80. The van der Waals surface area contributed by atoms with Crippen LogP contribution in [-0.2, 0) is 0 Å². The number of fused-ring (bicyclic) bond motifs is 6. The molecule has 0 fully saturated rings. The van der Waals surface area contributed by atoms with Crippen molar-refractivity contribution in [1.82, 2.24) is 4.57 Å². The highest BCUT2D eigenvalue weighted by Gasteiger charge is 2.20. The maximum Gasteiger partial charge on any atom is 0.0547 e. The minimum Gasteiger partial charge on any atom is -0.311 e. The van der Waals surface area contributed by atoms with E-state index in [1.165, 1.54) is 82.3 Å². The average Bonchev–Trinajstić information content (AvgIpc) is 3.72. The summed E-state index contributed by atoms with van der Waals surface area (Å²) in [5.41, 5.74) is 16.4. The molecule has 0 radical (unpaired) electrons. The Morgan fingerprint density at radius 1 is 0.266 bits per heavy atom. The van der Waals surface area contributed by atoms with Gasteiger partial charge in [0.25, 0.3) is 0 Å². The summed E-state index contributed by atoms with van der Waals surface area (Å²) in [6, 6.07) is 92.5. The number of hydrogen-bond acceptors (Lipinski definition) is 1. The first-order valence-electron chi connectivity index (χ1n) is 22.0. The van der Waals surface area contributed by atoms with E-state index in [1.807, 2.05) is 0 Å². The minimum atomic E-state index is 1.09. The van der Waals surface area contributed by atoms with Gasteiger partial charge in [-0.3, -0.25) is 0 Å². The molecule has 0 N–H and O–H groups in total. The van der Waals surface area contributed by atoms with Gasteiger partial charge in [0.2, 0.25) is 0 Å². The van der Waals surface area contributed by atoms with Crippen LogP contribution in [0.4, 0.5) is 17.1 Å². The first-order chi connectivity index (χ1) is 31.8. The molecule has 1 aromatic heterocycles. The van der Waals surface area contributed by atoms with Crippen LogP contribution in [0.3, 0.4) is 0 Å². The number of rotatable bonds is 8. The van der Waals surface area contributed by atoms with E-state index >= 15 is 0 Å². The summed E-state index contributed by atoms with van der Waals surface area (Å²) < 4.78 is 2.47. The molecule has 0 bridgehead atoms. The Morgan fingerprint density at radius 2 is 0.719 bits per heavy atom. The molecule has 2 nitrogen and oxygen atoms in total. The molecule has 0 aliphatic carbocycles. The zero-order valence-corrected chi connectivity index (χ0v) is 35.1. The van der Waals surface area contributed by atoms with Gasteiger partial charge in [-0.1, -0.05) is 194 Å². The zero-order chi connectivity index (χ0) is 42.4. The summed E-state index contributed by atoms with van der Waals surface area (Å²) >= 11 is 0. The molecular weight excluding hydrogens is 773 g/mol. The van der Waals surface area contributed by atoms with Crippen LogP contribution in [0, 0.1) is 0 Å². The quantitative estimate of drug-likeness (QED) is 0.139. The van der Waals surface area contributed by atoms with E-state index in [0.29, 0.717) is 0 Å². The van der Waals surface area contributed by atoms with E-state index < -0.39 is 0 Å². The van der Waals surface area contributed by atoms with Gasteiger partial charge in [0.15, 0.2) is 0 Å². The monoisotopic (exact) mass is 814 g/mol. The van der Waals surface area contributed by atoms with Crippen molar-refractivity contribution in [3.8, 4) is 50.2 Å². The number of benzene rings is 11. The fraction of sp³-hybridized carbons (Fsp3) is 0. The van der Waals surface area contributed by atoms with Crippen molar-refractivity contribution in [1.29, 1.82) is 0 Å². The molecule has 12 aromatic rings. The van der Waals surface area contributed by atoms with Crippen LogP contribution < -0.4 is 4.90 Å². The maximum atomic E-state index is 2.47. The van der Waals surface area contributed by atoms with Crippen LogP contribution in [0.1, 0.15) is 0 Å². The van der Waals surface area contributed by atoms with E-state index in [2.05, 4.69) is 264 Å². The molecule has 0 amide bonds. The van der Waals surface area contributed by atoms with Gasteiger partial charge >= 0.3 is 0 Å². The van der Waals surface area contributed by atoms with Gasteiger partial charge in [-0.25, -0.2) is 0 Å². The maximum absolute atomic E-state index is 2.47. The van der Waals surface area contributed by atoms with Crippen LogP contribution in [-0.4, -0.2) is 4.57 Å². The number of hydrogen-bond donors (Lipinski definition) is 0.